The normalized spacial score (nSPS) is 29.5. The third-order valence-electron chi connectivity index (χ3n) is 2.02. The van der Waals surface area contributed by atoms with Gasteiger partial charge in [-0.15, -0.1) is 11.8 Å². The van der Waals surface area contributed by atoms with Gasteiger partial charge in [0.15, 0.2) is 5.50 Å². The molecule has 2 N–H and O–H groups in total. The van der Waals surface area contributed by atoms with Gasteiger partial charge in [-0.3, -0.25) is 10.2 Å². The zero-order valence-corrected chi connectivity index (χ0v) is 7.41. The van der Waals surface area contributed by atoms with Crippen molar-refractivity contribution < 1.29 is 0 Å². The molecule has 2 rings (SSSR count). The SMILES string of the molecule is C1CN([C]2NCCS2)CCN1. The molecule has 11 heavy (non-hydrogen) atoms. The highest BCUT2D eigenvalue weighted by Gasteiger charge is 2.24. The Hall–Kier alpha value is 0.230. The first-order valence-corrected chi connectivity index (χ1v) is 5.15. The van der Waals surface area contributed by atoms with E-state index in [1.54, 1.807) is 0 Å². The van der Waals surface area contributed by atoms with Gasteiger partial charge in [0.1, 0.15) is 0 Å². The summed E-state index contributed by atoms with van der Waals surface area (Å²) in [6.07, 6.45) is 0. The second kappa shape index (κ2) is 3.76. The fourth-order valence-electron chi connectivity index (χ4n) is 1.43. The maximum atomic E-state index is 3.40. The average molecular weight is 172 g/mol. The molecule has 1 radical (unpaired) electrons. The predicted molar refractivity (Wildman–Crippen MR) is 48.1 cm³/mol. The molecule has 2 fully saturated rings. The summed E-state index contributed by atoms with van der Waals surface area (Å²) in [4.78, 5) is 2.44. The van der Waals surface area contributed by atoms with E-state index in [2.05, 4.69) is 15.5 Å². The maximum Gasteiger partial charge on any atom is 0.162 e. The molecule has 0 aromatic rings. The van der Waals surface area contributed by atoms with Crippen LogP contribution in [0.4, 0.5) is 0 Å². The number of thioether (sulfide) groups is 1. The molecule has 4 heteroatoms. The highest BCUT2D eigenvalue weighted by atomic mass is 32.2. The van der Waals surface area contributed by atoms with Crippen LogP contribution in [0.2, 0.25) is 0 Å². The van der Waals surface area contributed by atoms with Crippen molar-refractivity contribution in [1.29, 1.82) is 0 Å². The van der Waals surface area contributed by atoms with E-state index in [9.17, 15) is 0 Å². The molecule has 63 valence electrons. The van der Waals surface area contributed by atoms with Gasteiger partial charge >= 0.3 is 0 Å². The molecule has 0 unspecified atom stereocenters. The van der Waals surface area contributed by atoms with Crippen LogP contribution in [-0.2, 0) is 0 Å². The Labute approximate surface area is 71.9 Å². The molecule has 0 amide bonds. The molecule has 2 aliphatic heterocycles. The third-order valence-corrected chi connectivity index (χ3v) is 3.11. The van der Waals surface area contributed by atoms with Crippen LogP contribution in [-0.4, -0.2) is 43.4 Å². The topological polar surface area (TPSA) is 27.3 Å². The van der Waals surface area contributed by atoms with Crippen molar-refractivity contribution in [2.75, 3.05) is 38.5 Å². The number of rotatable bonds is 1. The molecule has 0 spiro atoms. The van der Waals surface area contributed by atoms with Gasteiger partial charge in [-0.1, -0.05) is 0 Å². The zero-order chi connectivity index (χ0) is 7.52. The van der Waals surface area contributed by atoms with Crippen molar-refractivity contribution >= 4 is 11.8 Å². The molecule has 3 nitrogen and oxygen atoms in total. The number of hydrogen-bond donors (Lipinski definition) is 2. The minimum atomic E-state index is 1.13. The fourth-order valence-corrected chi connectivity index (χ4v) is 2.39. The third kappa shape index (κ3) is 1.87. The minimum Gasteiger partial charge on any atom is -0.314 e. The summed E-state index contributed by atoms with van der Waals surface area (Å²) in [5.41, 5.74) is 1.39. The lowest BCUT2D eigenvalue weighted by atomic mass is 10.4. The highest BCUT2D eigenvalue weighted by Crippen LogP contribution is 2.24. The van der Waals surface area contributed by atoms with E-state index in [1.807, 2.05) is 11.8 Å². The Kier molecular flexibility index (Phi) is 2.68. The summed E-state index contributed by atoms with van der Waals surface area (Å²) in [5.74, 6) is 1.24. The first-order chi connectivity index (χ1) is 5.47. The number of piperazine rings is 1. The van der Waals surface area contributed by atoms with Gasteiger partial charge in [0.25, 0.3) is 0 Å². The first kappa shape index (κ1) is 7.86. The van der Waals surface area contributed by atoms with E-state index in [-0.39, 0.29) is 0 Å². The molecule has 2 aliphatic rings. The van der Waals surface area contributed by atoms with Crippen molar-refractivity contribution in [3.8, 4) is 0 Å². The summed E-state index contributed by atoms with van der Waals surface area (Å²) in [7, 11) is 0. The first-order valence-electron chi connectivity index (χ1n) is 4.16. The molecule has 0 atom stereocenters. The van der Waals surface area contributed by atoms with Crippen LogP contribution in [0.15, 0.2) is 0 Å². The standard InChI is InChI=1S/C7H14N3S/c1-4-10(5-2-8-1)7-9-3-6-11-7/h8-9H,1-6H2. The van der Waals surface area contributed by atoms with Crippen molar-refractivity contribution in [2.45, 2.75) is 0 Å². The summed E-state index contributed by atoms with van der Waals surface area (Å²) >= 11 is 1.95. The second-order valence-electron chi connectivity index (χ2n) is 2.82. The van der Waals surface area contributed by atoms with E-state index in [0.29, 0.717) is 0 Å². The molecule has 0 aromatic heterocycles. The van der Waals surface area contributed by atoms with E-state index < -0.39 is 0 Å². The van der Waals surface area contributed by atoms with E-state index >= 15 is 0 Å². The lowest BCUT2D eigenvalue weighted by Crippen LogP contribution is -2.46. The number of nitrogens with one attached hydrogen (secondary N) is 2. The van der Waals surface area contributed by atoms with E-state index in [0.717, 1.165) is 32.7 Å². The van der Waals surface area contributed by atoms with Crippen molar-refractivity contribution in [1.82, 2.24) is 15.5 Å². The molecule has 0 bridgehead atoms. The van der Waals surface area contributed by atoms with Crippen LogP contribution in [0.1, 0.15) is 0 Å². The average Bonchev–Trinajstić information content (AvgIpc) is 2.58. The Morgan fingerprint density at radius 3 is 2.64 bits per heavy atom. The largest absolute Gasteiger partial charge is 0.314 e. The quantitative estimate of drug-likeness (QED) is 0.566. The minimum absolute atomic E-state index is 1.13. The highest BCUT2D eigenvalue weighted by molar-refractivity contribution is 8.02. The van der Waals surface area contributed by atoms with Crippen molar-refractivity contribution in [3.63, 3.8) is 0 Å². The van der Waals surface area contributed by atoms with Crippen molar-refractivity contribution in [3.05, 3.63) is 5.50 Å². The molecular weight excluding hydrogens is 158 g/mol. The smallest absolute Gasteiger partial charge is 0.162 e. The molecule has 0 aliphatic carbocycles. The summed E-state index contributed by atoms with van der Waals surface area (Å²) in [5, 5.41) is 6.75. The van der Waals surface area contributed by atoms with Gasteiger partial charge < -0.3 is 5.32 Å². The molecule has 2 saturated heterocycles. The second-order valence-corrected chi connectivity index (χ2v) is 3.90. The summed E-state index contributed by atoms with van der Waals surface area (Å²) in [6.45, 7) is 5.73. The number of hydrogen-bond acceptors (Lipinski definition) is 4. The van der Waals surface area contributed by atoms with Crippen LogP contribution in [0.3, 0.4) is 0 Å². The molecule has 0 aromatic carbocycles. The van der Waals surface area contributed by atoms with Crippen LogP contribution < -0.4 is 10.6 Å². The van der Waals surface area contributed by atoms with Crippen LogP contribution in [0.25, 0.3) is 0 Å². The van der Waals surface area contributed by atoms with Crippen LogP contribution in [0, 0.1) is 5.50 Å². The lowest BCUT2D eigenvalue weighted by molar-refractivity contribution is 0.265. The predicted octanol–water partition coefficient (Wildman–Crippen LogP) is -0.325. The van der Waals surface area contributed by atoms with Crippen LogP contribution >= 0.6 is 11.8 Å². The van der Waals surface area contributed by atoms with Gasteiger partial charge in [-0.2, -0.15) is 0 Å². The lowest BCUT2D eigenvalue weighted by Gasteiger charge is -2.30. The summed E-state index contributed by atoms with van der Waals surface area (Å²) < 4.78 is 0. The van der Waals surface area contributed by atoms with Gasteiger partial charge in [0.2, 0.25) is 0 Å². The Morgan fingerprint density at radius 1 is 1.18 bits per heavy atom. The molecule has 2 heterocycles. The van der Waals surface area contributed by atoms with E-state index in [1.165, 1.54) is 11.3 Å². The Morgan fingerprint density at radius 2 is 2.00 bits per heavy atom. The molecule has 0 saturated carbocycles. The van der Waals surface area contributed by atoms with Gasteiger partial charge in [0.05, 0.1) is 0 Å². The monoisotopic (exact) mass is 172 g/mol. The van der Waals surface area contributed by atoms with Gasteiger partial charge in [-0.05, 0) is 0 Å². The zero-order valence-electron chi connectivity index (χ0n) is 6.60. The van der Waals surface area contributed by atoms with Gasteiger partial charge in [0, 0.05) is 38.5 Å². The van der Waals surface area contributed by atoms with Crippen molar-refractivity contribution in [2.24, 2.45) is 0 Å². The molecular formula is C7H14N3S. The maximum absolute atomic E-state index is 3.40. The Balaban J connectivity index is 1.82. The summed E-state index contributed by atoms with van der Waals surface area (Å²) in [6, 6.07) is 0. The number of nitrogens with zero attached hydrogens (tertiary/aromatic N) is 1. The van der Waals surface area contributed by atoms with Gasteiger partial charge in [-0.25, -0.2) is 0 Å². The fraction of sp³-hybridized carbons (Fsp3) is 0.857. The van der Waals surface area contributed by atoms with Crippen LogP contribution in [0.5, 0.6) is 0 Å². The van der Waals surface area contributed by atoms with E-state index in [4.69, 9.17) is 0 Å². The Bertz CT molecular complexity index is 119.